The Morgan fingerprint density at radius 1 is 1.14 bits per heavy atom. The van der Waals surface area contributed by atoms with Crippen LogP contribution in [-0.4, -0.2) is 17.6 Å². The Balaban J connectivity index is 2.15. The molecule has 0 saturated heterocycles. The van der Waals surface area contributed by atoms with Crippen LogP contribution < -0.4 is 5.32 Å². The van der Waals surface area contributed by atoms with Crippen molar-refractivity contribution < 1.29 is 9.59 Å². The van der Waals surface area contributed by atoms with Crippen LogP contribution in [0, 0.1) is 0 Å². The molecule has 0 saturated carbocycles. The molecule has 0 atom stereocenters. The number of imide groups is 1. The Labute approximate surface area is 89.4 Å². The molecule has 1 aliphatic heterocycles. The molecule has 0 aromatic heterocycles. The lowest BCUT2D eigenvalue weighted by atomic mass is 10.1. The van der Waals surface area contributed by atoms with Crippen molar-refractivity contribution >= 4 is 24.4 Å². The predicted octanol–water partition coefficient (Wildman–Crippen LogP) is 1.45. The van der Waals surface area contributed by atoms with E-state index < -0.39 is 0 Å². The number of rotatable bonds is 6. The molecule has 0 fully saturated rings. The highest BCUT2D eigenvalue weighted by atomic mass is 32.1. The van der Waals surface area contributed by atoms with Crippen LogP contribution in [0.3, 0.4) is 0 Å². The van der Waals surface area contributed by atoms with Gasteiger partial charge >= 0.3 is 0 Å². The molecule has 3 nitrogen and oxygen atoms in total. The number of amides is 2. The van der Waals surface area contributed by atoms with Gasteiger partial charge in [-0.05, 0) is 25.0 Å². The van der Waals surface area contributed by atoms with Crippen molar-refractivity contribution in [3.05, 3.63) is 11.6 Å². The van der Waals surface area contributed by atoms with E-state index in [1.807, 2.05) is 0 Å². The first-order valence-electron chi connectivity index (χ1n) is 4.91. The normalized spacial score (nSPS) is 15.6. The molecule has 0 spiro atoms. The summed E-state index contributed by atoms with van der Waals surface area (Å²) < 4.78 is 0. The number of carbonyl (C=O) groups is 2. The monoisotopic (exact) mass is 213 g/mol. The van der Waals surface area contributed by atoms with Crippen molar-refractivity contribution in [1.29, 1.82) is 0 Å². The Morgan fingerprint density at radius 2 is 1.86 bits per heavy atom. The Bertz CT molecular complexity index is 261. The molecule has 0 unspecified atom stereocenters. The second-order valence-corrected chi connectivity index (χ2v) is 3.82. The third-order valence-electron chi connectivity index (χ3n) is 2.19. The van der Waals surface area contributed by atoms with E-state index in [0.29, 0.717) is 12.0 Å². The summed E-state index contributed by atoms with van der Waals surface area (Å²) in [6, 6.07) is 0. The number of carbonyl (C=O) groups excluding carboxylic acids is 2. The van der Waals surface area contributed by atoms with E-state index >= 15 is 0 Å². The first kappa shape index (κ1) is 11.3. The molecule has 0 aromatic carbocycles. The Morgan fingerprint density at radius 3 is 2.43 bits per heavy atom. The fourth-order valence-electron chi connectivity index (χ4n) is 1.42. The minimum absolute atomic E-state index is 0.218. The highest BCUT2D eigenvalue weighted by Crippen LogP contribution is 2.13. The molecule has 0 radical (unpaired) electrons. The summed E-state index contributed by atoms with van der Waals surface area (Å²) in [5.74, 6) is 0.423. The van der Waals surface area contributed by atoms with Crippen LogP contribution in [0.4, 0.5) is 0 Å². The number of hydrogen-bond acceptors (Lipinski definition) is 3. The highest BCUT2D eigenvalue weighted by molar-refractivity contribution is 7.80. The topological polar surface area (TPSA) is 46.2 Å². The molecule has 1 aliphatic rings. The molecule has 1 heterocycles. The minimum Gasteiger partial charge on any atom is -0.289 e. The first-order valence-corrected chi connectivity index (χ1v) is 5.54. The smallest absolute Gasteiger partial charge is 0.254 e. The van der Waals surface area contributed by atoms with E-state index in [-0.39, 0.29) is 11.8 Å². The summed E-state index contributed by atoms with van der Waals surface area (Å²) in [6.07, 6.45) is 6.45. The summed E-state index contributed by atoms with van der Waals surface area (Å²) in [5.41, 5.74) is 0.626. The van der Waals surface area contributed by atoms with Crippen molar-refractivity contribution in [2.45, 2.75) is 32.1 Å². The van der Waals surface area contributed by atoms with Crippen LogP contribution in [0.15, 0.2) is 11.6 Å². The third kappa shape index (κ3) is 3.54. The summed E-state index contributed by atoms with van der Waals surface area (Å²) in [5, 5.41) is 2.24. The maximum absolute atomic E-state index is 11.1. The lowest BCUT2D eigenvalue weighted by Gasteiger charge is -1.99. The van der Waals surface area contributed by atoms with Crippen molar-refractivity contribution in [2.24, 2.45) is 0 Å². The zero-order chi connectivity index (χ0) is 10.4. The summed E-state index contributed by atoms with van der Waals surface area (Å²) in [6.45, 7) is 0. The number of thiol groups is 1. The van der Waals surface area contributed by atoms with E-state index in [1.54, 1.807) is 0 Å². The van der Waals surface area contributed by atoms with Gasteiger partial charge < -0.3 is 0 Å². The van der Waals surface area contributed by atoms with E-state index in [0.717, 1.165) is 31.4 Å². The SMILES string of the molecule is O=C1C=C(CCCCCCS)C(=O)N1. The molecule has 14 heavy (non-hydrogen) atoms. The van der Waals surface area contributed by atoms with Gasteiger partial charge in [0.2, 0.25) is 0 Å². The lowest BCUT2D eigenvalue weighted by molar-refractivity contribution is -0.123. The Kier molecular flexibility index (Phi) is 4.73. The largest absolute Gasteiger partial charge is 0.289 e. The van der Waals surface area contributed by atoms with Crippen LogP contribution in [0.25, 0.3) is 0 Å². The first-order chi connectivity index (χ1) is 6.74. The van der Waals surface area contributed by atoms with Crippen LogP contribution >= 0.6 is 12.6 Å². The summed E-state index contributed by atoms with van der Waals surface area (Å²) in [7, 11) is 0. The van der Waals surface area contributed by atoms with Gasteiger partial charge in [0.1, 0.15) is 0 Å². The van der Waals surface area contributed by atoms with Crippen molar-refractivity contribution in [3.8, 4) is 0 Å². The number of nitrogens with one attached hydrogen (secondary N) is 1. The van der Waals surface area contributed by atoms with E-state index in [1.165, 1.54) is 6.08 Å². The molecule has 0 aliphatic carbocycles. The van der Waals surface area contributed by atoms with Crippen molar-refractivity contribution in [2.75, 3.05) is 5.75 Å². The second-order valence-electron chi connectivity index (χ2n) is 3.38. The van der Waals surface area contributed by atoms with Gasteiger partial charge in [-0.1, -0.05) is 12.8 Å². The molecular formula is C10H15NO2S. The quantitative estimate of drug-likeness (QED) is 0.398. The van der Waals surface area contributed by atoms with Gasteiger partial charge in [-0.25, -0.2) is 0 Å². The van der Waals surface area contributed by atoms with Gasteiger partial charge in [0, 0.05) is 11.6 Å². The van der Waals surface area contributed by atoms with Crippen LogP contribution in [0.5, 0.6) is 0 Å². The average Bonchev–Trinajstić information content (AvgIpc) is 2.45. The maximum atomic E-state index is 11.1. The standard InChI is InChI=1S/C10H15NO2S/c12-9-7-8(10(13)11-9)5-3-1-2-4-6-14/h7,14H,1-6H2,(H,11,12,13). The van der Waals surface area contributed by atoms with Gasteiger partial charge in [0.25, 0.3) is 11.8 Å². The van der Waals surface area contributed by atoms with E-state index in [2.05, 4.69) is 17.9 Å². The zero-order valence-corrected chi connectivity index (χ0v) is 8.98. The van der Waals surface area contributed by atoms with Gasteiger partial charge in [-0.3, -0.25) is 14.9 Å². The van der Waals surface area contributed by atoms with Crippen LogP contribution in [-0.2, 0) is 9.59 Å². The molecule has 2 amide bonds. The minimum atomic E-state index is -0.277. The number of unbranched alkanes of at least 4 members (excludes halogenated alkanes) is 3. The maximum Gasteiger partial charge on any atom is 0.254 e. The summed E-state index contributed by atoms with van der Waals surface area (Å²) in [4.78, 5) is 21.9. The lowest BCUT2D eigenvalue weighted by Crippen LogP contribution is -2.22. The van der Waals surface area contributed by atoms with Gasteiger partial charge in [-0.2, -0.15) is 12.6 Å². The van der Waals surface area contributed by atoms with E-state index in [9.17, 15) is 9.59 Å². The molecule has 0 bridgehead atoms. The molecule has 1 N–H and O–H groups in total. The van der Waals surface area contributed by atoms with Crippen LogP contribution in [0.1, 0.15) is 32.1 Å². The average molecular weight is 213 g/mol. The van der Waals surface area contributed by atoms with Crippen molar-refractivity contribution in [3.63, 3.8) is 0 Å². The van der Waals surface area contributed by atoms with Gasteiger partial charge in [0.15, 0.2) is 0 Å². The summed E-state index contributed by atoms with van der Waals surface area (Å²) >= 11 is 4.12. The number of hydrogen-bond donors (Lipinski definition) is 2. The highest BCUT2D eigenvalue weighted by Gasteiger charge is 2.19. The molecule has 4 heteroatoms. The molecule has 0 aromatic rings. The molecule has 78 valence electrons. The van der Waals surface area contributed by atoms with Gasteiger partial charge in [-0.15, -0.1) is 0 Å². The molecule has 1 rings (SSSR count). The fourth-order valence-corrected chi connectivity index (χ4v) is 1.64. The van der Waals surface area contributed by atoms with E-state index in [4.69, 9.17) is 0 Å². The van der Waals surface area contributed by atoms with Crippen molar-refractivity contribution in [1.82, 2.24) is 5.32 Å². The van der Waals surface area contributed by atoms with Gasteiger partial charge in [0.05, 0.1) is 0 Å². The van der Waals surface area contributed by atoms with Crippen LogP contribution in [0.2, 0.25) is 0 Å². The zero-order valence-electron chi connectivity index (χ0n) is 8.08. The second kappa shape index (κ2) is 5.86. The predicted molar refractivity (Wildman–Crippen MR) is 58.2 cm³/mol. The molecular weight excluding hydrogens is 198 g/mol. The third-order valence-corrected chi connectivity index (χ3v) is 2.50. The Hall–Kier alpha value is -0.770. The fraction of sp³-hybridized carbons (Fsp3) is 0.600.